The van der Waals surface area contributed by atoms with Gasteiger partial charge >= 0.3 is 30.1 Å². The molecule has 6 heterocycles. The summed E-state index contributed by atoms with van der Waals surface area (Å²) >= 11 is 11.4. The van der Waals surface area contributed by atoms with Crippen molar-refractivity contribution in [2.24, 2.45) is 5.11 Å². The van der Waals surface area contributed by atoms with Crippen LogP contribution in [-0.2, 0) is 114 Å². The summed E-state index contributed by atoms with van der Waals surface area (Å²) < 4.78 is 25.9. The summed E-state index contributed by atoms with van der Waals surface area (Å²) in [5.74, 6) is 0.737. The van der Waals surface area contributed by atoms with Crippen LogP contribution in [-0.4, -0.2) is 167 Å². The highest BCUT2D eigenvalue weighted by atomic mass is 35.5. The van der Waals surface area contributed by atoms with Crippen molar-refractivity contribution < 1.29 is 83.1 Å². The standard InChI is InChI=1S/C24H29ClN6O3.C24H30N6O4.C13H15N3O3.C11H11N3O3.C8H9ClO.C8H9N3O.C5H6O2/c1-15-10-21(28-23(33)34-24(3,4)5)27-16(2)19(15)12-26-22(32)20-14-31(30-29-20)13-18-8-6-17(11-25)7-9-18;1-15-10-21(27-23(33)34-24(3,4)5)26-16(2)19(15)11-25-22(32)20-13-30(29-28-20)12-17-6-8-18(14-31)9-7-17;1-2-19-13(18)12-8-16(15-14-12)7-10-3-5-11(9-17)6-4-10;15-7-9-3-1-8(2-4-9)5-14-6-10(11(16)17)12-13-14;9-5-7-1-3-8(6-10)4-2-7;9-11-10-5-7-1-3-8(6-12)4-2-7;1-3-5(6)7-4-2/h6-10,14H,11-13H2,1-5H3,(H,26,32)(H,27,28,33);6-10,13,31H,11-12,14H2,1-5H3,(H,25,32)(H,26,27,33);3-6,8,17H,2,7,9H2,1H3;1-4,6,15H,5,7H2,(H,16,17);1-4,10H,5-6H2;1-4,12H,5-6H2;1H,4H2,2H3. The maximum absolute atomic E-state index is 12.6. The molecule has 0 aliphatic heterocycles. The van der Waals surface area contributed by atoms with Gasteiger partial charge in [0.15, 0.2) is 22.8 Å². The Morgan fingerprint density at radius 2 is 0.729 bits per heavy atom. The van der Waals surface area contributed by atoms with Crippen molar-refractivity contribution in [3.05, 3.63) is 316 Å². The highest BCUT2D eigenvalue weighted by Gasteiger charge is 2.22. The Morgan fingerprint density at radius 1 is 0.444 bits per heavy atom. The van der Waals surface area contributed by atoms with Crippen LogP contribution in [0.4, 0.5) is 21.2 Å². The van der Waals surface area contributed by atoms with Crippen LogP contribution in [0.1, 0.15) is 198 Å². The first-order valence-corrected chi connectivity index (χ1v) is 42.4. The average molecular weight is 1860 g/mol. The zero-order valence-corrected chi connectivity index (χ0v) is 77.3. The second-order valence-corrected chi connectivity index (χ2v) is 31.4. The van der Waals surface area contributed by atoms with Crippen LogP contribution in [0.5, 0.6) is 0 Å². The van der Waals surface area contributed by atoms with Crippen LogP contribution >= 0.6 is 23.2 Å². The number of terminal acetylenes is 1. The summed E-state index contributed by atoms with van der Waals surface area (Å²) in [7, 11) is 0. The summed E-state index contributed by atoms with van der Waals surface area (Å²) in [6, 6.07) is 48.5. The molecule has 0 bridgehead atoms. The van der Waals surface area contributed by atoms with Gasteiger partial charge in [0.25, 0.3) is 11.8 Å². The highest BCUT2D eigenvalue weighted by Crippen LogP contribution is 2.22. The topological polar surface area (TPSA) is 523 Å². The van der Waals surface area contributed by atoms with Crippen molar-refractivity contribution in [2.75, 3.05) is 23.8 Å². The number of anilines is 2. The van der Waals surface area contributed by atoms with Gasteiger partial charge in [-0.3, -0.25) is 20.2 Å². The minimum atomic E-state index is -1.09. The maximum Gasteiger partial charge on any atom is 0.413 e. The predicted molar refractivity (Wildman–Crippen MR) is 495 cm³/mol. The van der Waals surface area contributed by atoms with Crippen molar-refractivity contribution in [1.29, 1.82) is 0 Å². The molecule has 0 aliphatic rings. The van der Waals surface area contributed by atoms with Crippen LogP contribution in [0.25, 0.3) is 10.4 Å². The lowest BCUT2D eigenvalue weighted by molar-refractivity contribution is -0.136. The van der Waals surface area contributed by atoms with E-state index in [1.54, 1.807) is 106 Å². The third-order valence-electron chi connectivity index (χ3n) is 18.0. The molecule has 0 fully saturated rings. The predicted octanol–water partition coefficient (Wildman–Crippen LogP) is 13.1. The molecule has 0 saturated carbocycles. The van der Waals surface area contributed by atoms with E-state index in [0.29, 0.717) is 80.7 Å². The lowest BCUT2D eigenvalue weighted by Crippen LogP contribution is -2.28. The zero-order valence-electron chi connectivity index (χ0n) is 75.7. The lowest BCUT2D eigenvalue weighted by atomic mass is 10.1. The molecule has 0 atom stereocenters. The first-order chi connectivity index (χ1) is 63.5. The number of nitrogens with zero attached hydrogens (tertiary/aromatic N) is 17. The fourth-order valence-electron chi connectivity index (χ4n) is 11.3. The summed E-state index contributed by atoms with van der Waals surface area (Å²) in [5.41, 5.74) is 23.6. The number of ether oxygens (including phenoxy) is 4. The van der Waals surface area contributed by atoms with E-state index in [9.17, 15) is 33.6 Å². The van der Waals surface area contributed by atoms with E-state index >= 15 is 0 Å². The second-order valence-electron chi connectivity index (χ2n) is 30.8. The molecule has 6 aromatic heterocycles. The van der Waals surface area contributed by atoms with Gasteiger partial charge in [0.1, 0.15) is 22.8 Å². The molecule has 702 valence electrons. The van der Waals surface area contributed by atoms with Crippen molar-refractivity contribution in [3.8, 4) is 12.3 Å². The molecule has 12 rings (SSSR count). The van der Waals surface area contributed by atoms with E-state index in [2.05, 4.69) is 93.7 Å². The molecule has 0 saturated heterocycles. The molecule has 0 aliphatic carbocycles. The summed E-state index contributed by atoms with van der Waals surface area (Å²) in [4.78, 5) is 92.6. The summed E-state index contributed by atoms with van der Waals surface area (Å²) in [6.07, 6.45) is 9.61. The number of carboxylic acids is 1. The number of carbonyl (C=O) groups excluding carboxylic acids is 6. The van der Waals surface area contributed by atoms with Crippen LogP contribution in [0, 0.1) is 40.0 Å². The number of aliphatic hydroxyl groups is 5. The number of benzene rings is 6. The average Bonchev–Trinajstić information content (AvgIpc) is 1.83. The molecular formula is C93H109Cl2N21O17. The number of alkyl halides is 2. The van der Waals surface area contributed by atoms with E-state index in [0.717, 1.165) is 89.0 Å². The number of aromatic nitrogens is 14. The van der Waals surface area contributed by atoms with E-state index in [4.69, 9.17) is 73.6 Å². The summed E-state index contributed by atoms with van der Waals surface area (Å²) in [5, 5.41) is 98.3. The van der Waals surface area contributed by atoms with Crippen LogP contribution in [0.3, 0.4) is 0 Å². The first kappa shape index (κ1) is 107. The van der Waals surface area contributed by atoms with Gasteiger partial charge in [-0.05, 0) is 190 Å². The zero-order chi connectivity index (χ0) is 97.6. The van der Waals surface area contributed by atoms with Gasteiger partial charge in [0.05, 0.1) is 104 Å². The number of esters is 2. The SMILES string of the molecule is C#CC(=O)OCC.CCOC(=O)c1cn(Cc2ccc(CO)cc2)nn1.Cc1cc(NC(=O)OC(C)(C)C)nc(C)c1CNC(=O)c1cn(Cc2ccc(CCl)cc2)nn1.Cc1cc(NC(=O)OC(C)(C)C)nc(C)c1CNC(=O)c1cn(Cc2ccc(CO)cc2)nn1.O=C(O)c1cn(Cc2ccc(CO)cc2)nn1.OCc1ccc(CCl)cc1.[N-]=[N+]=NCc1ccc(CO)cc1. The fourth-order valence-corrected chi connectivity index (χ4v) is 11.7. The molecule has 12 aromatic rings. The van der Waals surface area contributed by atoms with Crippen LogP contribution in [0.15, 0.2) is 188 Å². The third kappa shape index (κ3) is 39.3. The Balaban J connectivity index is 0.000000254. The summed E-state index contributed by atoms with van der Waals surface area (Å²) in [6.45, 7) is 25.2. The van der Waals surface area contributed by atoms with Crippen molar-refractivity contribution in [2.45, 2.75) is 185 Å². The van der Waals surface area contributed by atoms with Crippen molar-refractivity contribution in [3.63, 3.8) is 0 Å². The quantitative estimate of drug-likeness (QED) is 0.00304. The Kier molecular flexibility index (Phi) is 44.6. The Bertz CT molecular complexity index is 5550. The molecule has 38 nitrogen and oxygen atoms in total. The number of pyridine rings is 2. The number of hydrogen-bond donors (Lipinski definition) is 10. The first-order valence-electron chi connectivity index (χ1n) is 41.3. The van der Waals surface area contributed by atoms with Crippen LogP contribution < -0.4 is 21.3 Å². The minimum absolute atomic E-state index is 0.00671. The number of carbonyl (C=O) groups is 7. The Labute approximate surface area is 778 Å². The number of aryl methyl sites for hydroxylation is 4. The number of halogens is 2. The fraction of sp³-hybridized carbons (Fsp3) is 0.323. The minimum Gasteiger partial charge on any atom is -0.476 e. The van der Waals surface area contributed by atoms with E-state index in [-0.39, 0.29) is 80.7 Å². The molecule has 10 N–H and O–H groups in total. The van der Waals surface area contributed by atoms with Gasteiger partial charge < -0.3 is 60.2 Å². The van der Waals surface area contributed by atoms with Crippen LogP contribution in [0.2, 0.25) is 0 Å². The highest BCUT2D eigenvalue weighted by molar-refractivity contribution is 6.17. The van der Waals surface area contributed by atoms with E-state index < -0.39 is 41.3 Å². The molecule has 0 unspecified atom stereocenters. The number of rotatable bonds is 29. The number of nitrogens with one attached hydrogen (secondary N) is 4. The number of azide groups is 1. The van der Waals surface area contributed by atoms with Gasteiger partial charge in [-0.15, -0.1) is 50.0 Å². The molecular weight excluding hydrogens is 1750 g/mol. The van der Waals surface area contributed by atoms with Gasteiger partial charge in [-0.2, -0.15) is 0 Å². The monoisotopic (exact) mass is 1860 g/mol. The van der Waals surface area contributed by atoms with Gasteiger partial charge in [0, 0.05) is 47.1 Å². The number of hydrogen-bond acceptors (Lipinski definition) is 27. The Morgan fingerprint density at radius 3 is 0.992 bits per heavy atom. The molecule has 0 radical (unpaired) electrons. The second kappa shape index (κ2) is 55.4. The van der Waals surface area contributed by atoms with Gasteiger partial charge in [-0.1, -0.05) is 172 Å². The molecule has 6 aromatic carbocycles. The number of carboxylic acid groups (broad SMARTS) is 1. The normalized spacial score (nSPS) is 10.5. The largest absolute Gasteiger partial charge is 0.476 e. The smallest absolute Gasteiger partial charge is 0.413 e. The molecule has 0 spiro atoms. The number of aliphatic hydroxyl groups excluding tert-OH is 5. The van der Waals surface area contributed by atoms with Gasteiger partial charge in [-0.25, -0.2) is 52.7 Å². The van der Waals surface area contributed by atoms with Crippen molar-refractivity contribution >= 4 is 76.7 Å². The Hall–Kier alpha value is -14.7. The number of amides is 4. The van der Waals surface area contributed by atoms with E-state index in [1.165, 1.54) is 10.9 Å². The van der Waals surface area contributed by atoms with Crippen molar-refractivity contribution in [1.82, 2.24) is 80.6 Å². The van der Waals surface area contributed by atoms with E-state index in [1.807, 2.05) is 173 Å². The molecule has 40 heteroatoms. The molecule has 4 amide bonds. The van der Waals surface area contributed by atoms with Gasteiger partial charge in [0.2, 0.25) is 0 Å². The number of aromatic carboxylic acids is 1. The lowest BCUT2D eigenvalue weighted by Gasteiger charge is -2.20. The third-order valence-corrected chi connectivity index (χ3v) is 18.6. The molecule has 133 heavy (non-hydrogen) atoms. The maximum atomic E-state index is 12.6.